The Morgan fingerprint density at radius 1 is 1.19 bits per heavy atom. The van der Waals surface area contributed by atoms with E-state index in [9.17, 15) is 18.4 Å². The number of hydrogen-bond acceptors (Lipinski definition) is 4. The van der Waals surface area contributed by atoms with Crippen molar-refractivity contribution in [3.05, 3.63) is 29.8 Å². The molecule has 1 aromatic carbocycles. The van der Waals surface area contributed by atoms with Crippen LogP contribution in [-0.4, -0.2) is 47.6 Å². The molecule has 0 radical (unpaired) electrons. The van der Waals surface area contributed by atoms with E-state index in [2.05, 4.69) is 10.1 Å². The van der Waals surface area contributed by atoms with Crippen LogP contribution in [0.2, 0.25) is 0 Å². The van der Waals surface area contributed by atoms with Gasteiger partial charge in [0.05, 0.1) is 6.67 Å². The fraction of sp³-hybridized carbons (Fsp3) is 0.556. The third-order valence-corrected chi connectivity index (χ3v) is 4.94. The zero-order valence-electron chi connectivity index (χ0n) is 14.7. The van der Waals surface area contributed by atoms with Crippen molar-refractivity contribution in [2.24, 2.45) is 0 Å². The van der Waals surface area contributed by atoms with Crippen molar-refractivity contribution < 1.29 is 23.1 Å². The summed E-state index contributed by atoms with van der Waals surface area (Å²) in [5, 5.41) is 2.89. The van der Waals surface area contributed by atoms with Gasteiger partial charge in [-0.1, -0.05) is 31.4 Å². The second kappa shape index (κ2) is 7.57. The molecule has 1 saturated carbocycles. The summed E-state index contributed by atoms with van der Waals surface area (Å²) in [4.78, 5) is 28.1. The van der Waals surface area contributed by atoms with Gasteiger partial charge in [-0.05, 0) is 37.6 Å². The molecule has 0 atom stereocenters. The molecule has 1 spiro atoms. The van der Waals surface area contributed by atoms with E-state index in [1.807, 2.05) is 4.90 Å². The monoisotopic (exact) mass is 367 g/mol. The van der Waals surface area contributed by atoms with Crippen LogP contribution in [0.1, 0.15) is 37.7 Å². The van der Waals surface area contributed by atoms with E-state index in [4.69, 9.17) is 0 Å². The van der Waals surface area contributed by atoms with Gasteiger partial charge in [-0.2, -0.15) is 8.78 Å². The van der Waals surface area contributed by atoms with Gasteiger partial charge < -0.3 is 10.1 Å². The van der Waals surface area contributed by atoms with Crippen molar-refractivity contribution in [3.63, 3.8) is 0 Å². The van der Waals surface area contributed by atoms with Crippen LogP contribution in [0, 0.1) is 0 Å². The summed E-state index contributed by atoms with van der Waals surface area (Å²) in [6, 6.07) is 5.97. The summed E-state index contributed by atoms with van der Waals surface area (Å²) < 4.78 is 28.7. The fourth-order valence-corrected chi connectivity index (χ4v) is 3.68. The number of alkyl halides is 2. The van der Waals surface area contributed by atoms with Gasteiger partial charge in [-0.25, -0.2) is 9.69 Å². The molecule has 142 valence electrons. The maximum absolute atomic E-state index is 12.8. The lowest BCUT2D eigenvalue weighted by Gasteiger charge is -2.31. The highest BCUT2D eigenvalue weighted by atomic mass is 19.3. The van der Waals surface area contributed by atoms with Crippen molar-refractivity contribution in [3.8, 4) is 5.75 Å². The average molecular weight is 367 g/mol. The number of hydrogen-bond donors (Lipinski definition) is 1. The molecule has 0 aromatic heterocycles. The first kappa shape index (κ1) is 18.6. The third kappa shape index (κ3) is 3.95. The Balaban J connectivity index is 1.58. The molecule has 3 amide bonds. The number of urea groups is 1. The Kier molecular flexibility index (Phi) is 5.41. The normalized spacial score (nSPS) is 19.5. The fourth-order valence-electron chi connectivity index (χ4n) is 3.68. The molecule has 3 rings (SSSR count). The number of imide groups is 1. The maximum Gasteiger partial charge on any atom is 0.387 e. The summed E-state index contributed by atoms with van der Waals surface area (Å²) >= 11 is 0. The summed E-state index contributed by atoms with van der Waals surface area (Å²) in [7, 11) is 1.80. The molecule has 26 heavy (non-hydrogen) atoms. The number of carbonyl (C=O) groups excluding carboxylic acids is 2. The number of nitrogens with zero attached hydrogens (tertiary/aromatic N) is 2. The lowest BCUT2D eigenvalue weighted by molar-refractivity contribution is -0.133. The number of halogens is 2. The van der Waals surface area contributed by atoms with Crippen LogP contribution in [0.3, 0.4) is 0 Å². The topological polar surface area (TPSA) is 61.9 Å². The second-order valence-corrected chi connectivity index (χ2v) is 6.98. The summed E-state index contributed by atoms with van der Waals surface area (Å²) in [5.74, 6) is -0.0468. The number of carbonyl (C=O) groups is 2. The van der Waals surface area contributed by atoms with Crippen LogP contribution in [0.25, 0.3) is 0 Å². The second-order valence-electron chi connectivity index (χ2n) is 6.98. The minimum absolute atomic E-state index is 0.0970. The maximum atomic E-state index is 12.8. The number of amides is 3. The molecule has 1 N–H and O–H groups in total. The molecule has 1 aromatic rings. The Morgan fingerprint density at radius 3 is 2.46 bits per heavy atom. The highest BCUT2D eigenvalue weighted by Gasteiger charge is 2.51. The molecular weight excluding hydrogens is 344 g/mol. The first-order valence-electron chi connectivity index (χ1n) is 8.76. The van der Waals surface area contributed by atoms with Crippen LogP contribution in [-0.2, 0) is 11.3 Å². The number of nitrogens with one attached hydrogen (secondary N) is 1. The predicted octanol–water partition coefficient (Wildman–Crippen LogP) is 2.93. The van der Waals surface area contributed by atoms with E-state index >= 15 is 0 Å². The van der Waals surface area contributed by atoms with Crippen LogP contribution in [0.5, 0.6) is 5.75 Å². The summed E-state index contributed by atoms with van der Waals surface area (Å²) in [6.07, 6.45) is 4.38. The van der Waals surface area contributed by atoms with Gasteiger partial charge in [-0.3, -0.25) is 9.69 Å². The quantitative estimate of drug-likeness (QED) is 0.786. The smallest absolute Gasteiger partial charge is 0.387 e. The van der Waals surface area contributed by atoms with E-state index < -0.39 is 12.2 Å². The van der Waals surface area contributed by atoms with Gasteiger partial charge in [0.2, 0.25) is 0 Å². The van der Waals surface area contributed by atoms with Gasteiger partial charge in [0.25, 0.3) is 5.91 Å². The first-order chi connectivity index (χ1) is 12.4. The molecule has 0 unspecified atom stereocenters. The van der Waals surface area contributed by atoms with Crippen LogP contribution >= 0.6 is 0 Å². The van der Waals surface area contributed by atoms with Gasteiger partial charge in [0, 0.05) is 6.54 Å². The van der Waals surface area contributed by atoms with Gasteiger partial charge >= 0.3 is 12.6 Å². The third-order valence-electron chi connectivity index (χ3n) is 4.94. The van der Waals surface area contributed by atoms with Crippen LogP contribution in [0.15, 0.2) is 24.3 Å². The molecular formula is C18H23F2N3O3. The van der Waals surface area contributed by atoms with Crippen LogP contribution < -0.4 is 10.1 Å². The molecule has 2 aliphatic rings. The summed E-state index contributed by atoms with van der Waals surface area (Å²) in [6.45, 7) is -2.20. The van der Waals surface area contributed by atoms with E-state index in [1.54, 1.807) is 19.2 Å². The Labute approximate surface area is 151 Å². The van der Waals surface area contributed by atoms with Crippen LogP contribution in [0.4, 0.5) is 13.6 Å². The highest BCUT2D eigenvalue weighted by molar-refractivity contribution is 6.07. The Morgan fingerprint density at radius 2 is 1.85 bits per heavy atom. The van der Waals surface area contributed by atoms with Gasteiger partial charge in [0.1, 0.15) is 11.3 Å². The number of rotatable bonds is 6. The Hall–Kier alpha value is -2.22. The van der Waals surface area contributed by atoms with Gasteiger partial charge in [-0.15, -0.1) is 0 Å². The van der Waals surface area contributed by atoms with Crippen molar-refractivity contribution in [2.45, 2.75) is 50.8 Å². The average Bonchev–Trinajstić information content (AvgIpc) is 2.81. The van der Waals surface area contributed by atoms with Gasteiger partial charge in [0.15, 0.2) is 0 Å². The number of ether oxygens (including phenoxy) is 1. The van der Waals surface area contributed by atoms with Crippen molar-refractivity contribution in [1.82, 2.24) is 15.1 Å². The zero-order chi connectivity index (χ0) is 18.7. The Bertz CT molecular complexity index is 660. The van der Waals surface area contributed by atoms with E-state index in [1.165, 1.54) is 17.0 Å². The minimum Gasteiger partial charge on any atom is -0.435 e. The first-order valence-corrected chi connectivity index (χ1v) is 8.76. The summed E-state index contributed by atoms with van der Waals surface area (Å²) in [5.41, 5.74) is 0.151. The highest BCUT2D eigenvalue weighted by Crippen LogP contribution is 2.33. The molecule has 0 bridgehead atoms. The van der Waals surface area contributed by atoms with Crippen molar-refractivity contribution in [2.75, 3.05) is 13.7 Å². The van der Waals surface area contributed by atoms with Crippen molar-refractivity contribution >= 4 is 11.9 Å². The van der Waals surface area contributed by atoms with E-state index in [-0.39, 0.29) is 24.4 Å². The number of benzene rings is 1. The SMILES string of the molecule is CN(Cc1ccc(OC(F)F)cc1)CN1C(=O)NC2(CCCCC2)C1=O. The molecule has 2 fully saturated rings. The minimum atomic E-state index is -2.85. The van der Waals surface area contributed by atoms with Crippen molar-refractivity contribution in [1.29, 1.82) is 0 Å². The standard InChI is InChI=1S/C18H23F2N3O3/c1-22(11-13-5-7-14(8-6-13)26-16(19)20)12-23-15(24)18(21-17(23)25)9-3-2-4-10-18/h5-8,16H,2-4,9-12H2,1H3,(H,21,25). The largest absolute Gasteiger partial charge is 0.435 e. The molecule has 1 aliphatic carbocycles. The lowest BCUT2D eigenvalue weighted by Crippen LogP contribution is -2.48. The van der Waals surface area contributed by atoms with E-state index in [0.29, 0.717) is 19.4 Å². The van der Waals surface area contributed by atoms with E-state index in [0.717, 1.165) is 24.8 Å². The molecule has 1 heterocycles. The molecule has 1 saturated heterocycles. The lowest BCUT2D eigenvalue weighted by atomic mass is 9.82. The molecule has 8 heteroatoms. The predicted molar refractivity (Wildman–Crippen MR) is 90.6 cm³/mol. The zero-order valence-corrected chi connectivity index (χ0v) is 14.7. The molecule has 6 nitrogen and oxygen atoms in total. The molecule has 1 aliphatic heterocycles.